The average Bonchev–Trinajstić information content (AvgIpc) is 2.86. The van der Waals surface area contributed by atoms with Crippen LogP contribution in [0.15, 0.2) is 36.7 Å². The Morgan fingerprint density at radius 1 is 1.20 bits per heavy atom. The first kappa shape index (κ1) is 12.5. The minimum absolute atomic E-state index is 0.709. The SMILES string of the molecule is COc1ccc(CNc2ncnc3[nH]c(C)cc23)cc1. The van der Waals surface area contributed by atoms with Gasteiger partial charge < -0.3 is 15.0 Å². The number of fused-ring (bicyclic) bond motifs is 1. The van der Waals surface area contributed by atoms with Gasteiger partial charge in [-0.1, -0.05) is 12.1 Å². The molecule has 0 bridgehead atoms. The van der Waals surface area contributed by atoms with Gasteiger partial charge in [0.1, 0.15) is 23.5 Å². The highest BCUT2D eigenvalue weighted by atomic mass is 16.5. The number of anilines is 1. The lowest BCUT2D eigenvalue weighted by Gasteiger charge is -2.07. The smallest absolute Gasteiger partial charge is 0.143 e. The first-order valence-electron chi connectivity index (χ1n) is 6.43. The third-order valence-electron chi connectivity index (χ3n) is 3.18. The minimum Gasteiger partial charge on any atom is -0.497 e. The van der Waals surface area contributed by atoms with Crippen molar-refractivity contribution < 1.29 is 4.74 Å². The predicted molar refractivity (Wildman–Crippen MR) is 78.9 cm³/mol. The number of nitrogens with one attached hydrogen (secondary N) is 2. The van der Waals surface area contributed by atoms with Crippen molar-refractivity contribution in [3.8, 4) is 5.75 Å². The van der Waals surface area contributed by atoms with E-state index in [1.54, 1.807) is 13.4 Å². The Labute approximate surface area is 117 Å². The minimum atomic E-state index is 0.709. The number of hydrogen-bond donors (Lipinski definition) is 2. The third kappa shape index (κ3) is 2.42. The number of ether oxygens (including phenoxy) is 1. The van der Waals surface area contributed by atoms with Crippen LogP contribution in [0.3, 0.4) is 0 Å². The monoisotopic (exact) mass is 268 g/mol. The molecule has 102 valence electrons. The number of methoxy groups -OCH3 is 1. The van der Waals surface area contributed by atoms with Gasteiger partial charge in [0.05, 0.1) is 12.5 Å². The maximum atomic E-state index is 5.15. The lowest BCUT2D eigenvalue weighted by atomic mass is 10.2. The van der Waals surface area contributed by atoms with Crippen LogP contribution in [-0.2, 0) is 6.54 Å². The molecule has 0 aliphatic heterocycles. The predicted octanol–water partition coefficient (Wildman–Crippen LogP) is 2.89. The maximum Gasteiger partial charge on any atom is 0.143 e. The van der Waals surface area contributed by atoms with E-state index in [9.17, 15) is 0 Å². The van der Waals surface area contributed by atoms with Crippen molar-refractivity contribution >= 4 is 16.9 Å². The standard InChI is InChI=1S/C15H16N4O/c1-10-7-13-14(17-9-18-15(13)19-10)16-8-11-3-5-12(20-2)6-4-11/h3-7,9H,8H2,1-2H3,(H2,16,17,18,19). The summed E-state index contributed by atoms with van der Waals surface area (Å²) in [6.07, 6.45) is 1.56. The zero-order valence-corrected chi connectivity index (χ0v) is 11.5. The molecule has 3 rings (SSSR count). The van der Waals surface area contributed by atoms with E-state index in [4.69, 9.17) is 4.74 Å². The van der Waals surface area contributed by atoms with Crippen LogP contribution in [0, 0.1) is 6.92 Å². The van der Waals surface area contributed by atoms with Crippen LogP contribution in [0.1, 0.15) is 11.3 Å². The average molecular weight is 268 g/mol. The fourth-order valence-corrected chi connectivity index (χ4v) is 2.14. The van der Waals surface area contributed by atoms with E-state index < -0.39 is 0 Å². The van der Waals surface area contributed by atoms with E-state index in [1.807, 2.05) is 37.3 Å². The third-order valence-corrected chi connectivity index (χ3v) is 3.18. The van der Waals surface area contributed by atoms with Crippen molar-refractivity contribution in [3.05, 3.63) is 47.9 Å². The van der Waals surface area contributed by atoms with Gasteiger partial charge in [-0.3, -0.25) is 0 Å². The summed E-state index contributed by atoms with van der Waals surface area (Å²) in [5.41, 5.74) is 3.10. The summed E-state index contributed by atoms with van der Waals surface area (Å²) in [5.74, 6) is 1.70. The molecule has 0 aliphatic carbocycles. The molecule has 0 amide bonds. The lowest BCUT2D eigenvalue weighted by molar-refractivity contribution is 0.414. The molecular formula is C15H16N4O. The topological polar surface area (TPSA) is 62.8 Å². The molecule has 2 N–H and O–H groups in total. The Morgan fingerprint density at radius 3 is 2.75 bits per heavy atom. The highest BCUT2D eigenvalue weighted by molar-refractivity contribution is 5.87. The fraction of sp³-hybridized carbons (Fsp3) is 0.200. The summed E-state index contributed by atoms with van der Waals surface area (Å²) in [6.45, 7) is 2.72. The molecule has 2 heterocycles. The summed E-state index contributed by atoms with van der Waals surface area (Å²) in [5, 5.41) is 4.36. The summed E-state index contributed by atoms with van der Waals surface area (Å²) in [4.78, 5) is 11.7. The largest absolute Gasteiger partial charge is 0.497 e. The second kappa shape index (κ2) is 5.21. The molecule has 3 aromatic rings. The van der Waals surface area contributed by atoms with Crippen molar-refractivity contribution in [3.63, 3.8) is 0 Å². The van der Waals surface area contributed by atoms with Crippen molar-refractivity contribution in [1.82, 2.24) is 15.0 Å². The molecule has 5 nitrogen and oxygen atoms in total. The highest BCUT2D eigenvalue weighted by Crippen LogP contribution is 2.20. The van der Waals surface area contributed by atoms with Crippen LogP contribution < -0.4 is 10.1 Å². The molecule has 1 aromatic carbocycles. The number of rotatable bonds is 4. The first-order valence-corrected chi connectivity index (χ1v) is 6.43. The zero-order chi connectivity index (χ0) is 13.9. The Kier molecular flexibility index (Phi) is 3.25. The van der Waals surface area contributed by atoms with E-state index in [1.165, 1.54) is 5.56 Å². The van der Waals surface area contributed by atoms with E-state index in [0.29, 0.717) is 6.54 Å². The molecule has 5 heteroatoms. The molecule has 0 unspecified atom stereocenters. The molecule has 0 radical (unpaired) electrons. The number of nitrogens with zero attached hydrogens (tertiary/aromatic N) is 2. The van der Waals surface area contributed by atoms with Crippen LogP contribution in [0.4, 0.5) is 5.82 Å². The summed E-state index contributed by atoms with van der Waals surface area (Å²) >= 11 is 0. The van der Waals surface area contributed by atoms with Gasteiger partial charge in [-0.05, 0) is 30.7 Å². The van der Waals surface area contributed by atoms with Gasteiger partial charge in [0.25, 0.3) is 0 Å². The van der Waals surface area contributed by atoms with Crippen molar-refractivity contribution in [1.29, 1.82) is 0 Å². The van der Waals surface area contributed by atoms with Gasteiger partial charge in [-0.15, -0.1) is 0 Å². The van der Waals surface area contributed by atoms with Crippen molar-refractivity contribution in [2.45, 2.75) is 13.5 Å². The van der Waals surface area contributed by atoms with E-state index in [2.05, 4.69) is 20.3 Å². The Morgan fingerprint density at radius 2 is 2.00 bits per heavy atom. The number of hydrogen-bond acceptors (Lipinski definition) is 4. The fourth-order valence-electron chi connectivity index (χ4n) is 2.14. The molecule has 0 aliphatic rings. The summed E-state index contributed by atoms with van der Waals surface area (Å²) in [7, 11) is 1.67. The van der Waals surface area contributed by atoms with E-state index in [0.717, 1.165) is 28.3 Å². The molecule has 0 saturated carbocycles. The van der Waals surface area contributed by atoms with Crippen LogP contribution in [0.2, 0.25) is 0 Å². The maximum absolute atomic E-state index is 5.15. The van der Waals surface area contributed by atoms with Gasteiger partial charge in [0.15, 0.2) is 0 Å². The molecule has 0 spiro atoms. The van der Waals surface area contributed by atoms with Crippen LogP contribution in [0.25, 0.3) is 11.0 Å². The number of H-pyrrole nitrogens is 1. The molecule has 20 heavy (non-hydrogen) atoms. The Hall–Kier alpha value is -2.56. The lowest BCUT2D eigenvalue weighted by Crippen LogP contribution is -2.02. The van der Waals surface area contributed by atoms with Gasteiger partial charge in [-0.2, -0.15) is 0 Å². The second-order valence-corrected chi connectivity index (χ2v) is 4.64. The van der Waals surface area contributed by atoms with Gasteiger partial charge in [0, 0.05) is 12.2 Å². The second-order valence-electron chi connectivity index (χ2n) is 4.64. The summed E-state index contributed by atoms with van der Waals surface area (Å²) in [6, 6.07) is 10.0. The zero-order valence-electron chi connectivity index (χ0n) is 11.5. The number of aromatic nitrogens is 3. The summed E-state index contributed by atoms with van der Waals surface area (Å²) < 4.78 is 5.15. The Balaban J connectivity index is 1.79. The van der Waals surface area contributed by atoms with Gasteiger partial charge in [-0.25, -0.2) is 9.97 Å². The molecule has 2 aromatic heterocycles. The van der Waals surface area contributed by atoms with Crippen LogP contribution >= 0.6 is 0 Å². The van der Waals surface area contributed by atoms with Crippen molar-refractivity contribution in [2.24, 2.45) is 0 Å². The number of aromatic amines is 1. The molecule has 0 saturated heterocycles. The van der Waals surface area contributed by atoms with Gasteiger partial charge >= 0.3 is 0 Å². The quantitative estimate of drug-likeness (QED) is 0.763. The molecule has 0 atom stereocenters. The van der Waals surface area contributed by atoms with Gasteiger partial charge in [0.2, 0.25) is 0 Å². The molecular weight excluding hydrogens is 252 g/mol. The van der Waals surface area contributed by atoms with E-state index in [-0.39, 0.29) is 0 Å². The number of benzene rings is 1. The Bertz CT molecular complexity index is 718. The van der Waals surface area contributed by atoms with Crippen LogP contribution in [-0.4, -0.2) is 22.1 Å². The van der Waals surface area contributed by atoms with E-state index >= 15 is 0 Å². The normalized spacial score (nSPS) is 10.7. The van der Waals surface area contributed by atoms with Crippen molar-refractivity contribution in [2.75, 3.05) is 12.4 Å². The highest BCUT2D eigenvalue weighted by Gasteiger charge is 2.05. The number of aryl methyl sites for hydroxylation is 1. The molecule has 0 fully saturated rings. The first-order chi connectivity index (χ1) is 9.76. The van der Waals surface area contributed by atoms with Crippen LogP contribution in [0.5, 0.6) is 5.75 Å².